The number of allylic oxidation sites excluding steroid dienone is 1. The van der Waals surface area contributed by atoms with Gasteiger partial charge in [-0.05, 0) is 12.8 Å². The predicted molar refractivity (Wildman–Crippen MR) is 235 cm³/mol. The molecule has 2 aliphatic heterocycles. The molecule has 360 valence electrons. The first-order valence-electron chi connectivity index (χ1n) is 24.4. The zero-order chi connectivity index (χ0) is 44.7. The molecule has 0 aromatic rings. The van der Waals surface area contributed by atoms with Crippen molar-refractivity contribution in [3.05, 3.63) is 12.2 Å². The molecular weight excluding hydrogens is 787 g/mol. The van der Waals surface area contributed by atoms with Crippen LogP contribution < -0.4 is 5.32 Å². The zero-order valence-corrected chi connectivity index (χ0v) is 37.9. The normalized spacial score (nSPS) is 28.0. The van der Waals surface area contributed by atoms with E-state index in [0.29, 0.717) is 0 Å². The van der Waals surface area contributed by atoms with Crippen molar-refractivity contribution in [1.82, 2.24) is 5.32 Å². The fourth-order valence-electron chi connectivity index (χ4n) is 8.20. The number of aliphatic hydroxyl groups is 8. The molecule has 2 heterocycles. The van der Waals surface area contributed by atoms with Crippen LogP contribution in [0.4, 0.5) is 0 Å². The van der Waals surface area contributed by atoms with Crippen molar-refractivity contribution >= 4 is 5.91 Å². The van der Waals surface area contributed by atoms with Gasteiger partial charge in [-0.1, -0.05) is 180 Å². The molecule has 2 rings (SSSR count). The number of carbonyl (C=O) groups is 1. The van der Waals surface area contributed by atoms with Crippen LogP contribution in [0.5, 0.6) is 0 Å². The molecule has 0 saturated carbocycles. The number of hydrogen-bond acceptors (Lipinski definition) is 13. The summed E-state index contributed by atoms with van der Waals surface area (Å²) in [5.41, 5.74) is 0. The number of carbonyl (C=O) groups excluding carboxylic acids is 1. The lowest BCUT2D eigenvalue weighted by atomic mass is 9.97. The summed E-state index contributed by atoms with van der Waals surface area (Å²) in [6, 6.07) is -0.906. The Bertz CT molecular complexity index is 1080. The number of amides is 1. The summed E-state index contributed by atoms with van der Waals surface area (Å²) >= 11 is 0. The van der Waals surface area contributed by atoms with Crippen molar-refractivity contribution in [3.63, 3.8) is 0 Å². The number of unbranched alkanes of at least 4 members (excludes halogenated alkanes) is 25. The number of nitrogens with one attached hydrogen (secondary N) is 1. The topological polar surface area (TPSA) is 228 Å². The summed E-state index contributed by atoms with van der Waals surface area (Å²) in [5.74, 6) is -0.326. The van der Waals surface area contributed by atoms with Gasteiger partial charge in [0.2, 0.25) is 5.91 Å². The van der Waals surface area contributed by atoms with E-state index in [9.17, 15) is 45.6 Å². The average molecular weight is 876 g/mol. The van der Waals surface area contributed by atoms with Crippen LogP contribution in [0.25, 0.3) is 0 Å². The van der Waals surface area contributed by atoms with E-state index in [4.69, 9.17) is 18.9 Å². The van der Waals surface area contributed by atoms with Crippen molar-refractivity contribution in [2.24, 2.45) is 0 Å². The number of ether oxygens (including phenoxy) is 4. The molecule has 12 atom stereocenters. The largest absolute Gasteiger partial charge is 0.394 e. The highest BCUT2D eigenvalue weighted by atomic mass is 16.7. The van der Waals surface area contributed by atoms with Crippen LogP contribution in [0, 0.1) is 0 Å². The van der Waals surface area contributed by atoms with Gasteiger partial charge in [0.25, 0.3) is 0 Å². The third-order valence-corrected chi connectivity index (χ3v) is 12.3. The molecule has 0 aliphatic carbocycles. The molecule has 14 heteroatoms. The summed E-state index contributed by atoms with van der Waals surface area (Å²) in [4.78, 5) is 12.3. The quantitative estimate of drug-likeness (QED) is 0.0274. The molecule has 1 amide bonds. The molecule has 2 saturated heterocycles. The molecule has 0 aromatic heterocycles. The summed E-state index contributed by atoms with van der Waals surface area (Å²) in [6.07, 6.45) is 21.2. The van der Waals surface area contributed by atoms with Crippen LogP contribution in [0.2, 0.25) is 0 Å². The number of hydrogen-bond donors (Lipinski definition) is 9. The van der Waals surface area contributed by atoms with Gasteiger partial charge in [0, 0.05) is 6.42 Å². The van der Waals surface area contributed by atoms with E-state index < -0.39 is 86.8 Å². The van der Waals surface area contributed by atoms with Crippen molar-refractivity contribution in [2.75, 3.05) is 19.8 Å². The molecule has 9 N–H and O–H groups in total. The smallest absolute Gasteiger partial charge is 0.220 e. The van der Waals surface area contributed by atoms with Crippen LogP contribution in [0.3, 0.4) is 0 Å². The number of rotatable bonds is 37. The molecule has 61 heavy (non-hydrogen) atoms. The van der Waals surface area contributed by atoms with Gasteiger partial charge in [-0.25, -0.2) is 0 Å². The second-order valence-corrected chi connectivity index (χ2v) is 17.6. The van der Waals surface area contributed by atoms with Crippen molar-refractivity contribution in [3.8, 4) is 0 Å². The lowest BCUT2D eigenvalue weighted by Crippen LogP contribution is -2.65. The van der Waals surface area contributed by atoms with Gasteiger partial charge in [0.05, 0.1) is 32.0 Å². The first-order valence-corrected chi connectivity index (χ1v) is 24.4. The second-order valence-electron chi connectivity index (χ2n) is 17.6. The molecular formula is C47H89NO13. The Balaban J connectivity index is 1.55. The molecule has 2 fully saturated rings. The van der Waals surface area contributed by atoms with Gasteiger partial charge in [-0.2, -0.15) is 0 Å². The molecule has 0 aromatic carbocycles. The molecule has 0 radical (unpaired) electrons. The lowest BCUT2D eigenvalue weighted by molar-refractivity contribution is -0.359. The standard InChI is InChI=1S/C47H89NO13/c1-3-5-6-7-8-9-10-11-12-13-14-15-16-17-18-19-20-21-22-23-24-25-26-27-28-29-30-31-36(51)35(48-39(52)4-2)34-58-46-44(57)42(55)45(38(33-50)60-46)61-47-43(56)41(54)40(53)37(32-49)59-47/h30-31,35-38,40-47,49-51,53-57H,3-29,32-34H2,1-2H3,(H,48,52)/b31-30+. The molecule has 0 spiro atoms. The average Bonchev–Trinajstić information content (AvgIpc) is 3.26. The van der Waals surface area contributed by atoms with Gasteiger partial charge in [0.1, 0.15) is 48.8 Å². The van der Waals surface area contributed by atoms with E-state index >= 15 is 0 Å². The van der Waals surface area contributed by atoms with Crippen LogP contribution in [-0.4, -0.2) is 140 Å². The van der Waals surface area contributed by atoms with Gasteiger partial charge >= 0.3 is 0 Å². The zero-order valence-electron chi connectivity index (χ0n) is 37.9. The molecule has 12 unspecified atom stereocenters. The Morgan fingerprint density at radius 2 is 1.00 bits per heavy atom. The van der Waals surface area contributed by atoms with Gasteiger partial charge < -0.3 is 65.1 Å². The number of aliphatic hydroxyl groups excluding tert-OH is 8. The maximum Gasteiger partial charge on any atom is 0.220 e. The van der Waals surface area contributed by atoms with Crippen LogP contribution in [0.15, 0.2) is 12.2 Å². The molecule has 2 aliphatic rings. The lowest BCUT2D eigenvalue weighted by Gasteiger charge is -2.46. The Morgan fingerprint density at radius 3 is 1.44 bits per heavy atom. The summed E-state index contributed by atoms with van der Waals surface area (Å²) in [6.45, 7) is 2.23. The van der Waals surface area contributed by atoms with Gasteiger partial charge in [-0.15, -0.1) is 0 Å². The minimum atomic E-state index is -1.78. The first kappa shape index (κ1) is 55.9. The predicted octanol–water partition coefficient (Wildman–Crippen LogP) is 5.60. The first-order chi connectivity index (χ1) is 29.6. The van der Waals surface area contributed by atoms with Crippen LogP contribution >= 0.6 is 0 Å². The second kappa shape index (κ2) is 35.0. The van der Waals surface area contributed by atoms with Crippen molar-refractivity contribution in [1.29, 1.82) is 0 Å². The highest BCUT2D eigenvalue weighted by Crippen LogP contribution is 2.30. The third-order valence-electron chi connectivity index (χ3n) is 12.3. The van der Waals surface area contributed by atoms with Crippen LogP contribution in [0.1, 0.15) is 187 Å². The van der Waals surface area contributed by atoms with Gasteiger partial charge in [-0.3, -0.25) is 4.79 Å². The van der Waals surface area contributed by atoms with Crippen LogP contribution in [-0.2, 0) is 23.7 Å². The van der Waals surface area contributed by atoms with E-state index in [1.165, 1.54) is 148 Å². The minimum Gasteiger partial charge on any atom is -0.394 e. The third kappa shape index (κ3) is 23.0. The summed E-state index contributed by atoms with van der Waals surface area (Å²) < 4.78 is 22.3. The van der Waals surface area contributed by atoms with E-state index in [1.807, 2.05) is 6.08 Å². The fourth-order valence-corrected chi connectivity index (χ4v) is 8.20. The van der Waals surface area contributed by atoms with E-state index in [1.54, 1.807) is 13.0 Å². The summed E-state index contributed by atoms with van der Waals surface area (Å²) in [7, 11) is 0. The molecule has 0 bridgehead atoms. The van der Waals surface area contributed by atoms with E-state index in [2.05, 4.69) is 12.2 Å². The molecule has 14 nitrogen and oxygen atoms in total. The highest BCUT2D eigenvalue weighted by Gasteiger charge is 2.50. The van der Waals surface area contributed by atoms with E-state index in [-0.39, 0.29) is 18.9 Å². The SMILES string of the molecule is CCCCCCCCCCCCCCCCCCCCCCCCCCC/C=C/C(O)C(COC1OC(CO)C(OC2OC(CO)C(O)C(O)C2O)C(O)C1O)NC(=O)CC. The Kier molecular flexibility index (Phi) is 32.1. The maximum atomic E-state index is 12.3. The maximum absolute atomic E-state index is 12.3. The Hall–Kier alpha value is -1.27. The minimum absolute atomic E-state index is 0.164. The van der Waals surface area contributed by atoms with Gasteiger partial charge in [0.15, 0.2) is 12.6 Å². The fraction of sp³-hybridized carbons (Fsp3) is 0.936. The van der Waals surface area contributed by atoms with Crippen molar-refractivity contribution in [2.45, 2.75) is 261 Å². The van der Waals surface area contributed by atoms with E-state index in [0.717, 1.165) is 19.3 Å². The van der Waals surface area contributed by atoms with Crippen molar-refractivity contribution < 1.29 is 64.6 Å². The Morgan fingerprint density at radius 1 is 0.574 bits per heavy atom. The summed E-state index contributed by atoms with van der Waals surface area (Å²) in [5, 5.41) is 85.4. The highest BCUT2D eigenvalue weighted by molar-refractivity contribution is 5.75. The monoisotopic (exact) mass is 876 g/mol. The Labute approximate surface area is 367 Å².